The molecule has 0 spiro atoms. The minimum absolute atomic E-state index is 0. The number of carbonyl (C=O) groups is 3. The van der Waals surface area contributed by atoms with Crippen LogP contribution in [0.3, 0.4) is 0 Å². The molecule has 0 aliphatic rings. The van der Waals surface area contributed by atoms with E-state index in [0.717, 1.165) is 0 Å². The molecule has 0 saturated heterocycles. The van der Waals surface area contributed by atoms with Crippen LogP contribution in [0.1, 0.15) is 6.92 Å². The first kappa shape index (κ1) is 28.0. The van der Waals surface area contributed by atoms with E-state index in [1.807, 2.05) is 0 Å². The lowest BCUT2D eigenvalue weighted by molar-refractivity contribution is -0.142. The van der Waals surface area contributed by atoms with E-state index in [4.69, 9.17) is 10.2 Å². The first-order valence-corrected chi connectivity index (χ1v) is 7.98. The molecule has 0 saturated carbocycles. The number of benzene rings is 1. The van der Waals surface area contributed by atoms with Crippen molar-refractivity contribution in [1.29, 1.82) is 0 Å². The van der Waals surface area contributed by atoms with Gasteiger partial charge in [0.2, 0.25) is 0 Å². The Kier molecular flexibility index (Phi) is 13.9. The van der Waals surface area contributed by atoms with Gasteiger partial charge in [-0.15, -0.1) is 24.8 Å². The largest absolute Gasteiger partial charge is 0.480 e. The third-order valence-corrected chi connectivity index (χ3v) is 3.65. The van der Waals surface area contributed by atoms with Gasteiger partial charge in [-0.3, -0.25) is 14.5 Å². The zero-order valence-corrected chi connectivity index (χ0v) is 17.3. The summed E-state index contributed by atoms with van der Waals surface area (Å²) < 4.78 is 0. The lowest BCUT2D eigenvalue weighted by Crippen LogP contribution is -2.45. The number of aliphatic imine (C=N–C) groups is 1. The molecule has 0 aliphatic heterocycles. The van der Waals surface area contributed by atoms with Crippen LogP contribution >= 0.6 is 37.0 Å². The smallest absolute Gasteiger partial charge is 0.326 e. The summed E-state index contributed by atoms with van der Waals surface area (Å²) in [5, 5.41) is 29.3. The van der Waals surface area contributed by atoms with Crippen LogP contribution in [0.25, 0.3) is 0 Å². The summed E-state index contributed by atoms with van der Waals surface area (Å²) in [7, 11) is 0. The summed E-state index contributed by atoms with van der Waals surface area (Å²) >= 11 is 4.53. The van der Waals surface area contributed by atoms with Crippen LogP contribution in [-0.4, -0.2) is 75.5 Å². The van der Waals surface area contributed by atoms with Crippen molar-refractivity contribution in [1.82, 2.24) is 4.90 Å². The van der Waals surface area contributed by atoms with Crippen molar-refractivity contribution < 1.29 is 29.7 Å². The van der Waals surface area contributed by atoms with Gasteiger partial charge in [-0.1, -0.05) is 0 Å². The summed E-state index contributed by atoms with van der Waals surface area (Å²) in [6.45, 7) is 0.776. The molecule has 0 radical (unpaired) electrons. The number of hydrogen-bond donors (Lipinski definition) is 3. The van der Waals surface area contributed by atoms with Crippen molar-refractivity contribution in [3.05, 3.63) is 24.3 Å². The summed E-state index contributed by atoms with van der Waals surface area (Å²) in [6.07, 6.45) is 0. The second-order valence-corrected chi connectivity index (χ2v) is 5.61. The number of carboxylic acids is 3. The molecule has 1 aromatic carbocycles. The quantitative estimate of drug-likeness (QED) is 0.340. The number of anilines is 1. The average molecular weight is 454 g/mol. The molecular formula is C16H21Cl2N3O6S. The molecule has 0 heterocycles. The van der Waals surface area contributed by atoms with Crippen molar-refractivity contribution >= 4 is 71.5 Å². The minimum atomic E-state index is -1.16. The molecule has 0 fully saturated rings. The third kappa shape index (κ3) is 9.63. The van der Waals surface area contributed by atoms with Gasteiger partial charge >= 0.3 is 17.9 Å². The van der Waals surface area contributed by atoms with E-state index in [0.29, 0.717) is 11.4 Å². The molecule has 0 aliphatic carbocycles. The summed E-state index contributed by atoms with van der Waals surface area (Å²) in [5.74, 6) is -3.38. The first-order valence-electron chi connectivity index (χ1n) is 7.58. The first-order chi connectivity index (χ1) is 12.2. The molecule has 156 valence electrons. The molecule has 0 aromatic heterocycles. The molecule has 1 aromatic rings. The predicted molar refractivity (Wildman–Crippen MR) is 112 cm³/mol. The van der Waals surface area contributed by atoms with Gasteiger partial charge in [0, 0.05) is 18.8 Å². The highest BCUT2D eigenvalue weighted by molar-refractivity contribution is 7.78. The van der Waals surface area contributed by atoms with Crippen LogP contribution in [0.4, 0.5) is 11.4 Å². The summed E-state index contributed by atoms with van der Waals surface area (Å²) in [4.78, 5) is 39.7. The van der Waals surface area contributed by atoms with E-state index >= 15 is 0 Å². The molecule has 0 unspecified atom stereocenters. The third-order valence-electron chi connectivity index (χ3n) is 3.56. The normalized spacial score (nSPS) is 10.6. The molecular weight excluding hydrogens is 433 g/mol. The Morgan fingerprint density at radius 2 is 1.54 bits per heavy atom. The minimum Gasteiger partial charge on any atom is -0.480 e. The molecule has 12 heteroatoms. The van der Waals surface area contributed by atoms with Gasteiger partial charge in [-0.2, -0.15) is 4.99 Å². The molecule has 0 amide bonds. The number of hydrogen-bond acceptors (Lipinski definition) is 7. The van der Waals surface area contributed by atoms with Crippen LogP contribution in [0.5, 0.6) is 0 Å². The number of nitrogens with zero attached hydrogens (tertiary/aromatic N) is 3. The maximum atomic E-state index is 11.4. The van der Waals surface area contributed by atoms with E-state index in [9.17, 15) is 19.5 Å². The molecule has 0 bridgehead atoms. The van der Waals surface area contributed by atoms with Gasteiger partial charge in [0.1, 0.15) is 6.04 Å². The Bertz CT molecular complexity index is 697. The lowest BCUT2D eigenvalue weighted by atomic mass is 10.2. The maximum Gasteiger partial charge on any atom is 0.326 e. The summed E-state index contributed by atoms with van der Waals surface area (Å²) in [6, 6.07) is 5.70. The molecule has 1 rings (SSSR count). The zero-order valence-electron chi connectivity index (χ0n) is 14.8. The molecule has 28 heavy (non-hydrogen) atoms. The van der Waals surface area contributed by atoms with E-state index in [-0.39, 0.29) is 37.9 Å². The average Bonchev–Trinajstić information content (AvgIpc) is 2.55. The van der Waals surface area contributed by atoms with Crippen molar-refractivity contribution in [2.24, 2.45) is 4.99 Å². The highest BCUT2D eigenvalue weighted by Crippen LogP contribution is 2.21. The van der Waals surface area contributed by atoms with Crippen LogP contribution in [-0.2, 0) is 14.4 Å². The summed E-state index contributed by atoms with van der Waals surface area (Å²) in [5.41, 5.74) is 1.14. The Labute approximate surface area is 179 Å². The van der Waals surface area contributed by atoms with E-state index < -0.39 is 37.0 Å². The highest BCUT2D eigenvalue weighted by atomic mass is 35.5. The highest BCUT2D eigenvalue weighted by Gasteiger charge is 2.23. The monoisotopic (exact) mass is 453 g/mol. The number of thiocarbonyl (C=S) groups is 1. The van der Waals surface area contributed by atoms with Crippen LogP contribution in [0, 0.1) is 0 Å². The van der Waals surface area contributed by atoms with Gasteiger partial charge in [0.15, 0.2) is 0 Å². The predicted octanol–water partition coefficient (Wildman–Crippen LogP) is 2.02. The zero-order chi connectivity index (χ0) is 19.7. The van der Waals surface area contributed by atoms with Gasteiger partial charge < -0.3 is 20.2 Å². The van der Waals surface area contributed by atoms with Crippen LogP contribution in [0.2, 0.25) is 0 Å². The van der Waals surface area contributed by atoms with Gasteiger partial charge in [0.25, 0.3) is 0 Å². The Hall–Kier alpha value is -2.23. The molecule has 9 nitrogen and oxygen atoms in total. The number of isothiocyanates is 1. The fourth-order valence-corrected chi connectivity index (χ4v) is 2.40. The van der Waals surface area contributed by atoms with E-state index in [2.05, 4.69) is 22.4 Å². The van der Waals surface area contributed by atoms with Crippen molar-refractivity contribution in [2.75, 3.05) is 31.1 Å². The van der Waals surface area contributed by atoms with Gasteiger partial charge in [-0.25, -0.2) is 4.79 Å². The van der Waals surface area contributed by atoms with Gasteiger partial charge in [-0.05, 0) is 43.4 Å². The van der Waals surface area contributed by atoms with Gasteiger partial charge in [0.05, 0.1) is 23.9 Å². The lowest BCUT2D eigenvalue weighted by Gasteiger charge is -2.31. The van der Waals surface area contributed by atoms with Crippen molar-refractivity contribution in [3.63, 3.8) is 0 Å². The Morgan fingerprint density at radius 1 is 1.04 bits per heavy atom. The molecule has 1 atom stereocenters. The molecule has 3 N–H and O–H groups in total. The van der Waals surface area contributed by atoms with E-state index in [1.54, 1.807) is 29.2 Å². The Morgan fingerprint density at radius 3 is 1.93 bits per heavy atom. The van der Waals surface area contributed by atoms with Crippen LogP contribution < -0.4 is 4.90 Å². The van der Waals surface area contributed by atoms with Crippen molar-refractivity contribution in [3.8, 4) is 0 Å². The number of rotatable bonds is 11. The second kappa shape index (κ2) is 13.9. The number of halogens is 2. The van der Waals surface area contributed by atoms with E-state index in [1.165, 1.54) is 11.8 Å². The standard InChI is InChI=1S/C16H19N3O6S.2ClH/c1-11(16(24)25)19(13-4-2-12(3-5-13)17-10-26)7-6-18(8-14(20)21)9-15(22)23;;/h2-5,11H,6-9H2,1H3,(H,20,21)(H,22,23)(H,24,25);2*1H/t11-;;/m0../s1. The SMILES string of the molecule is C[C@@H](C(=O)O)N(CCN(CC(=O)O)CC(=O)O)c1ccc(N=C=S)cc1.Cl.Cl. The maximum absolute atomic E-state index is 11.4. The topological polar surface area (TPSA) is 131 Å². The number of aliphatic carboxylic acids is 3. The number of carboxylic acid groups (broad SMARTS) is 3. The Balaban J connectivity index is 0. The van der Waals surface area contributed by atoms with Crippen LogP contribution in [0.15, 0.2) is 29.3 Å². The fourth-order valence-electron chi connectivity index (χ4n) is 2.30. The van der Waals surface area contributed by atoms with Crippen molar-refractivity contribution in [2.45, 2.75) is 13.0 Å². The second-order valence-electron chi connectivity index (χ2n) is 5.43. The fraction of sp³-hybridized carbons (Fsp3) is 0.375.